The van der Waals surface area contributed by atoms with Crippen molar-refractivity contribution in [2.45, 2.75) is 26.4 Å². The summed E-state index contributed by atoms with van der Waals surface area (Å²) in [6, 6.07) is 1.15. The third-order valence-electron chi connectivity index (χ3n) is 2.12. The molecule has 0 saturated heterocycles. The molecule has 0 amide bonds. The van der Waals surface area contributed by atoms with Crippen LogP contribution < -0.4 is 9.47 Å². The molecule has 1 aromatic rings. The highest BCUT2D eigenvalue weighted by Gasteiger charge is 2.36. The van der Waals surface area contributed by atoms with E-state index in [4.69, 9.17) is 4.74 Å². The Morgan fingerprint density at radius 1 is 1.00 bits per heavy atom. The molecule has 0 spiro atoms. The van der Waals surface area contributed by atoms with Gasteiger partial charge in [0.05, 0.1) is 12.2 Å². The fourth-order valence-corrected chi connectivity index (χ4v) is 1.44. The summed E-state index contributed by atoms with van der Waals surface area (Å²) in [6.07, 6.45) is -9.68. The van der Waals surface area contributed by atoms with Gasteiger partial charge < -0.3 is 9.47 Å². The second-order valence-corrected chi connectivity index (χ2v) is 3.59. The third-order valence-corrected chi connectivity index (χ3v) is 2.12. The van der Waals surface area contributed by atoms with Crippen molar-refractivity contribution in [3.8, 4) is 11.5 Å². The van der Waals surface area contributed by atoms with E-state index in [0.29, 0.717) is 12.1 Å². The minimum atomic E-state index is -5.00. The van der Waals surface area contributed by atoms with Crippen LogP contribution in [0.2, 0.25) is 0 Å². The molecule has 0 heterocycles. The van der Waals surface area contributed by atoms with Crippen LogP contribution in [-0.4, -0.2) is 13.0 Å². The summed E-state index contributed by atoms with van der Waals surface area (Å²) in [6.45, 7) is 2.39. The molecule has 0 bridgehead atoms. The molecule has 0 N–H and O–H groups in total. The standard InChI is InChI=1S/C11H10F6O2/c1-3-18-8-5-7(10(12,13)14)6(2)4-9(8)19-11(15,16)17/h4-5H,3H2,1-2H3. The molecular weight excluding hydrogens is 278 g/mol. The summed E-state index contributed by atoms with van der Waals surface area (Å²) in [7, 11) is 0. The summed E-state index contributed by atoms with van der Waals surface area (Å²) in [4.78, 5) is 0. The van der Waals surface area contributed by atoms with Crippen LogP contribution in [0.3, 0.4) is 0 Å². The molecule has 0 saturated carbocycles. The predicted octanol–water partition coefficient (Wildman–Crippen LogP) is 4.31. The Balaban J connectivity index is 3.29. The zero-order valence-corrected chi connectivity index (χ0v) is 9.95. The van der Waals surface area contributed by atoms with Crippen molar-refractivity contribution in [2.75, 3.05) is 6.61 Å². The first-order valence-corrected chi connectivity index (χ1v) is 5.15. The fourth-order valence-electron chi connectivity index (χ4n) is 1.44. The lowest BCUT2D eigenvalue weighted by atomic mass is 10.1. The van der Waals surface area contributed by atoms with Gasteiger partial charge in [0.25, 0.3) is 0 Å². The molecule has 0 aromatic heterocycles. The predicted molar refractivity (Wildman–Crippen MR) is 54.0 cm³/mol. The Kier molecular flexibility index (Phi) is 4.21. The highest BCUT2D eigenvalue weighted by molar-refractivity contribution is 5.48. The Hall–Kier alpha value is -1.60. The van der Waals surface area contributed by atoms with Crippen molar-refractivity contribution in [1.29, 1.82) is 0 Å². The number of aryl methyl sites for hydroxylation is 1. The average Bonchev–Trinajstić information content (AvgIpc) is 2.17. The Morgan fingerprint density at radius 3 is 2.00 bits per heavy atom. The molecule has 0 atom stereocenters. The van der Waals surface area contributed by atoms with Crippen molar-refractivity contribution in [1.82, 2.24) is 0 Å². The van der Waals surface area contributed by atoms with Gasteiger partial charge in [-0.25, -0.2) is 0 Å². The van der Waals surface area contributed by atoms with Gasteiger partial charge in [0.1, 0.15) is 0 Å². The molecule has 0 aliphatic heterocycles. The molecule has 1 aromatic carbocycles. The van der Waals surface area contributed by atoms with Crippen molar-refractivity contribution >= 4 is 0 Å². The number of alkyl halides is 6. The normalized spacial score (nSPS) is 12.4. The van der Waals surface area contributed by atoms with Gasteiger partial charge in [-0.1, -0.05) is 0 Å². The van der Waals surface area contributed by atoms with Gasteiger partial charge in [-0.15, -0.1) is 13.2 Å². The fraction of sp³-hybridized carbons (Fsp3) is 0.455. The summed E-state index contributed by atoms with van der Waals surface area (Å²) in [5.74, 6) is -1.39. The molecule has 19 heavy (non-hydrogen) atoms. The summed E-state index contributed by atoms with van der Waals surface area (Å²) in [5, 5.41) is 0. The van der Waals surface area contributed by atoms with Crippen molar-refractivity contribution < 1.29 is 35.8 Å². The molecule has 0 unspecified atom stereocenters. The molecule has 0 fully saturated rings. The van der Waals surface area contributed by atoms with Gasteiger partial charge in [0.15, 0.2) is 11.5 Å². The zero-order valence-electron chi connectivity index (χ0n) is 9.95. The second-order valence-electron chi connectivity index (χ2n) is 3.59. The molecule has 1 rings (SSSR count). The lowest BCUT2D eigenvalue weighted by Gasteiger charge is -2.17. The van der Waals surface area contributed by atoms with E-state index in [9.17, 15) is 26.3 Å². The molecule has 8 heteroatoms. The first-order chi connectivity index (χ1) is 8.54. The minimum absolute atomic E-state index is 0.0887. The summed E-state index contributed by atoms with van der Waals surface area (Å²) >= 11 is 0. The van der Waals surface area contributed by atoms with Gasteiger partial charge >= 0.3 is 12.5 Å². The smallest absolute Gasteiger partial charge is 0.490 e. The van der Waals surface area contributed by atoms with E-state index in [0.717, 1.165) is 6.92 Å². The van der Waals surface area contributed by atoms with Crippen LogP contribution in [0.4, 0.5) is 26.3 Å². The highest BCUT2D eigenvalue weighted by atomic mass is 19.4. The van der Waals surface area contributed by atoms with Crippen molar-refractivity contribution in [3.63, 3.8) is 0 Å². The first kappa shape index (κ1) is 15.5. The Labute approximate surface area is 104 Å². The van der Waals surface area contributed by atoms with Crippen LogP contribution in [0, 0.1) is 6.92 Å². The second kappa shape index (κ2) is 5.18. The molecular formula is C11H10F6O2. The number of rotatable bonds is 3. The van der Waals surface area contributed by atoms with E-state index in [2.05, 4.69) is 4.74 Å². The Bertz CT molecular complexity index is 450. The van der Waals surface area contributed by atoms with Crippen molar-refractivity contribution in [3.05, 3.63) is 23.3 Å². The van der Waals surface area contributed by atoms with Crippen LogP contribution in [-0.2, 0) is 6.18 Å². The van der Waals surface area contributed by atoms with Gasteiger partial charge in [0.2, 0.25) is 0 Å². The molecule has 0 aliphatic rings. The average molecular weight is 288 g/mol. The number of halogens is 6. The number of benzene rings is 1. The van der Waals surface area contributed by atoms with E-state index < -0.39 is 29.6 Å². The zero-order chi connectivity index (χ0) is 14.8. The first-order valence-electron chi connectivity index (χ1n) is 5.15. The lowest BCUT2D eigenvalue weighted by Crippen LogP contribution is -2.18. The van der Waals surface area contributed by atoms with Gasteiger partial charge in [-0.3, -0.25) is 0 Å². The van der Waals surface area contributed by atoms with E-state index in [1.165, 1.54) is 6.92 Å². The van der Waals surface area contributed by atoms with E-state index >= 15 is 0 Å². The SMILES string of the molecule is CCOc1cc(C(F)(F)F)c(C)cc1OC(F)(F)F. The van der Waals surface area contributed by atoms with Crippen LogP contribution in [0.1, 0.15) is 18.1 Å². The van der Waals surface area contributed by atoms with E-state index in [-0.39, 0.29) is 12.2 Å². The van der Waals surface area contributed by atoms with E-state index in [1.54, 1.807) is 0 Å². The molecule has 2 nitrogen and oxygen atoms in total. The topological polar surface area (TPSA) is 18.5 Å². The van der Waals surface area contributed by atoms with Crippen molar-refractivity contribution in [2.24, 2.45) is 0 Å². The highest BCUT2D eigenvalue weighted by Crippen LogP contribution is 2.40. The number of ether oxygens (including phenoxy) is 2. The molecule has 0 aliphatic carbocycles. The monoisotopic (exact) mass is 288 g/mol. The minimum Gasteiger partial charge on any atom is -0.490 e. The van der Waals surface area contributed by atoms with Crippen LogP contribution in [0.25, 0.3) is 0 Å². The molecule has 0 radical (unpaired) electrons. The number of hydrogen-bond acceptors (Lipinski definition) is 2. The van der Waals surface area contributed by atoms with Crippen LogP contribution in [0.15, 0.2) is 12.1 Å². The van der Waals surface area contributed by atoms with Gasteiger partial charge in [-0.05, 0) is 31.5 Å². The summed E-state index contributed by atoms with van der Waals surface area (Å²) in [5.41, 5.74) is -1.44. The van der Waals surface area contributed by atoms with E-state index in [1.807, 2.05) is 0 Å². The number of hydrogen-bond donors (Lipinski definition) is 0. The quantitative estimate of drug-likeness (QED) is 0.771. The van der Waals surface area contributed by atoms with Gasteiger partial charge in [0, 0.05) is 0 Å². The maximum absolute atomic E-state index is 12.6. The van der Waals surface area contributed by atoms with Crippen LogP contribution >= 0.6 is 0 Å². The van der Waals surface area contributed by atoms with Gasteiger partial charge in [-0.2, -0.15) is 13.2 Å². The summed E-state index contributed by atoms with van der Waals surface area (Å²) < 4.78 is 82.6. The van der Waals surface area contributed by atoms with Crippen LogP contribution in [0.5, 0.6) is 11.5 Å². The lowest BCUT2D eigenvalue weighted by molar-refractivity contribution is -0.275. The maximum Gasteiger partial charge on any atom is 0.573 e. The largest absolute Gasteiger partial charge is 0.573 e. The maximum atomic E-state index is 12.6. The third kappa shape index (κ3) is 4.22. The Morgan fingerprint density at radius 2 is 1.58 bits per heavy atom. The molecule has 108 valence electrons.